The summed E-state index contributed by atoms with van der Waals surface area (Å²) in [6, 6.07) is -3.17. The summed E-state index contributed by atoms with van der Waals surface area (Å²) in [6.45, 7) is 0.604. The van der Waals surface area contributed by atoms with E-state index in [1.165, 1.54) is 0 Å². The number of carbonyl (C=O) groups excluding carboxylic acids is 1. The first-order chi connectivity index (χ1) is 12.8. The third-order valence-corrected chi connectivity index (χ3v) is 2.74. The smallest absolute Gasteiger partial charge is 0.321 e. The molecule has 0 heterocycles. The number of primary amides is 1. The van der Waals surface area contributed by atoms with Gasteiger partial charge in [0, 0.05) is 0 Å². The van der Waals surface area contributed by atoms with Gasteiger partial charge in [0.25, 0.3) is 0 Å². The largest absolute Gasteiger partial charge is 0.481 e. The summed E-state index contributed by atoms with van der Waals surface area (Å²) < 4.78 is 0. The first kappa shape index (κ1) is 29.9. The fourth-order valence-electron chi connectivity index (χ4n) is 1.21. The number of unbranched alkanes of at least 4 members (excludes halogenated alkanes) is 1. The predicted molar refractivity (Wildman–Crippen MR) is 95.8 cm³/mol. The molecule has 0 saturated heterocycles. The molecule has 14 nitrogen and oxygen atoms in total. The van der Waals surface area contributed by atoms with Crippen molar-refractivity contribution in [1.29, 1.82) is 0 Å². The Kier molecular flexibility index (Phi) is 18.8. The molecule has 0 bridgehead atoms. The van der Waals surface area contributed by atoms with E-state index in [2.05, 4.69) is 5.73 Å². The van der Waals surface area contributed by atoms with Gasteiger partial charge in [-0.2, -0.15) is 0 Å². The topological polar surface area (TPSA) is 296 Å². The van der Waals surface area contributed by atoms with Crippen LogP contribution in [0.3, 0.4) is 0 Å². The minimum atomic E-state index is -1.29. The first-order valence-electron chi connectivity index (χ1n) is 7.91. The Labute approximate surface area is 160 Å². The van der Waals surface area contributed by atoms with Gasteiger partial charge in [0.1, 0.15) is 18.1 Å². The minimum absolute atomic E-state index is 0.310. The zero-order chi connectivity index (χ0) is 22.9. The first-order valence-corrected chi connectivity index (χ1v) is 7.91. The van der Waals surface area contributed by atoms with Crippen LogP contribution in [0.5, 0.6) is 0 Å². The lowest BCUT2D eigenvalue weighted by Crippen LogP contribution is -2.34. The molecule has 0 aliphatic heterocycles. The monoisotopic (exact) mass is 411 g/mol. The summed E-state index contributed by atoms with van der Waals surface area (Å²) in [5.41, 5.74) is 24.8. The van der Waals surface area contributed by atoms with Gasteiger partial charge in [-0.3, -0.25) is 24.0 Å². The molecule has 3 atom stereocenters. The normalized spacial score (nSPS) is 12.7. The lowest BCUT2D eigenvalue weighted by atomic mass is 10.1. The summed E-state index contributed by atoms with van der Waals surface area (Å²) in [5, 5.41) is 32.5. The van der Waals surface area contributed by atoms with E-state index in [4.69, 9.17) is 43.4 Å². The molecular formula is C14H29N5O9. The molecule has 0 aromatic carbocycles. The van der Waals surface area contributed by atoms with E-state index >= 15 is 0 Å². The van der Waals surface area contributed by atoms with E-state index in [-0.39, 0.29) is 6.42 Å². The summed E-state index contributed by atoms with van der Waals surface area (Å²) in [5.74, 6) is -5.35. The van der Waals surface area contributed by atoms with Crippen LogP contribution in [0.4, 0.5) is 0 Å². The van der Waals surface area contributed by atoms with E-state index in [1.807, 2.05) is 0 Å². The Hall–Kier alpha value is -2.81. The van der Waals surface area contributed by atoms with Gasteiger partial charge in [0.05, 0.1) is 12.8 Å². The summed E-state index contributed by atoms with van der Waals surface area (Å²) in [7, 11) is 0. The van der Waals surface area contributed by atoms with Crippen LogP contribution in [-0.2, 0) is 24.0 Å². The molecule has 1 amide bonds. The molecule has 0 rings (SSSR count). The summed E-state index contributed by atoms with van der Waals surface area (Å²) in [4.78, 5) is 49.6. The lowest BCUT2D eigenvalue weighted by molar-refractivity contribution is -0.144. The molecule has 28 heavy (non-hydrogen) atoms. The van der Waals surface area contributed by atoms with Crippen LogP contribution >= 0.6 is 0 Å². The molecule has 164 valence electrons. The van der Waals surface area contributed by atoms with Gasteiger partial charge in [-0.1, -0.05) is 6.42 Å². The van der Waals surface area contributed by atoms with Crippen LogP contribution in [-0.4, -0.2) is 74.9 Å². The molecule has 0 aliphatic rings. The van der Waals surface area contributed by atoms with Crippen LogP contribution in [0.2, 0.25) is 0 Å². The number of aliphatic carboxylic acids is 4. The quantitative estimate of drug-likeness (QED) is 0.150. The molecule has 0 fully saturated rings. The third kappa shape index (κ3) is 23.2. The number of rotatable bonds is 11. The molecule has 0 saturated carbocycles. The number of nitrogens with two attached hydrogens (primary N) is 5. The van der Waals surface area contributed by atoms with Gasteiger partial charge < -0.3 is 49.1 Å². The van der Waals surface area contributed by atoms with Crippen LogP contribution in [0, 0.1) is 0 Å². The van der Waals surface area contributed by atoms with Gasteiger partial charge in [-0.05, 0) is 19.4 Å². The summed E-state index contributed by atoms with van der Waals surface area (Å²) >= 11 is 0. The van der Waals surface area contributed by atoms with Crippen molar-refractivity contribution >= 4 is 29.8 Å². The molecule has 0 aliphatic carbocycles. The standard InChI is InChI=1S/C6H14N2O2.C4H8N2O3.C4H7NO4/c7-4-2-1-3-5(8)6(9)10;2*5-2(4(8)9)1-3(6)7/h5H,1-4,7-8H2,(H,9,10);2H,1,5H2,(H2,6,7)(H,8,9);2H,1,5H2,(H,6,7)(H,8,9)/t5-;2*2-/m000/s1. The fraction of sp³-hybridized carbons (Fsp3) is 0.643. The maximum absolute atomic E-state index is 10.1. The van der Waals surface area contributed by atoms with Crippen LogP contribution in [0.25, 0.3) is 0 Å². The number of carboxylic acids is 4. The zero-order valence-corrected chi connectivity index (χ0v) is 15.2. The highest BCUT2D eigenvalue weighted by Gasteiger charge is 2.14. The Bertz CT molecular complexity index is 483. The third-order valence-electron chi connectivity index (χ3n) is 2.74. The molecule has 0 spiro atoms. The highest BCUT2D eigenvalue weighted by Crippen LogP contribution is 1.97. The SMILES string of the molecule is NC(=O)C[C@H](N)C(=O)O.NCCCC[C@H](N)C(=O)O.N[C@@H](CC(=O)O)C(=O)O. The lowest BCUT2D eigenvalue weighted by Gasteiger charge is -2.03. The fourth-order valence-corrected chi connectivity index (χ4v) is 1.21. The second-order valence-electron chi connectivity index (χ2n) is 5.39. The van der Waals surface area contributed by atoms with Crippen molar-refractivity contribution in [3.8, 4) is 0 Å². The zero-order valence-electron chi connectivity index (χ0n) is 15.2. The molecule has 0 aromatic rings. The molecule has 0 unspecified atom stereocenters. The van der Waals surface area contributed by atoms with E-state index < -0.39 is 54.3 Å². The van der Waals surface area contributed by atoms with Gasteiger partial charge in [0.2, 0.25) is 5.91 Å². The Morgan fingerprint density at radius 3 is 1.29 bits per heavy atom. The minimum Gasteiger partial charge on any atom is -0.481 e. The van der Waals surface area contributed by atoms with Gasteiger partial charge >= 0.3 is 23.9 Å². The van der Waals surface area contributed by atoms with Crippen molar-refractivity contribution < 1.29 is 44.4 Å². The van der Waals surface area contributed by atoms with Crippen LogP contribution in [0.15, 0.2) is 0 Å². The van der Waals surface area contributed by atoms with Crippen molar-refractivity contribution in [2.45, 2.75) is 50.2 Å². The van der Waals surface area contributed by atoms with Crippen LogP contribution < -0.4 is 28.7 Å². The Morgan fingerprint density at radius 2 is 1.07 bits per heavy atom. The van der Waals surface area contributed by atoms with E-state index in [0.29, 0.717) is 13.0 Å². The number of hydrogen-bond acceptors (Lipinski definition) is 9. The molecule has 0 radical (unpaired) electrons. The maximum atomic E-state index is 10.1. The number of amides is 1. The van der Waals surface area contributed by atoms with Gasteiger partial charge in [-0.25, -0.2) is 0 Å². The predicted octanol–water partition coefficient (Wildman–Crippen LogP) is -3.33. The van der Waals surface area contributed by atoms with Crippen LogP contribution in [0.1, 0.15) is 32.1 Å². The van der Waals surface area contributed by atoms with Gasteiger partial charge in [-0.15, -0.1) is 0 Å². The van der Waals surface area contributed by atoms with E-state index in [9.17, 15) is 24.0 Å². The molecular weight excluding hydrogens is 382 g/mol. The van der Waals surface area contributed by atoms with Gasteiger partial charge in [0.15, 0.2) is 0 Å². The number of hydrogen-bond donors (Lipinski definition) is 9. The van der Waals surface area contributed by atoms with E-state index in [1.54, 1.807) is 0 Å². The Morgan fingerprint density at radius 1 is 0.679 bits per heavy atom. The highest BCUT2D eigenvalue weighted by molar-refractivity contribution is 5.83. The number of carbonyl (C=O) groups is 5. The number of carboxylic acid groups (broad SMARTS) is 4. The average molecular weight is 411 g/mol. The van der Waals surface area contributed by atoms with E-state index in [0.717, 1.165) is 12.8 Å². The summed E-state index contributed by atoms with van der Waals surface area (Å²) in [6.07, 6.45) is 1.32. The molecule has 14 heteroatoms. The average Bonchev–Trinajstić information content (AvgIpc) is 2.54. The molecule has 14 N–H and O–H groups in total. The van der Waals surface area contributed by atoms with Crippen molar-refractivity contribution in [1.82, 2.24) is 0 Å². The van der Waals surface area contributed by atoms with Crippen molar-refractivity contribution in [2.75, 3.05) is 6.54 Å². The second-order valence-corrected chi connectivity index (χ2v) is 5.39. The molecule has 0 aromatic heterocycles. The van der Waals surface area contributed by atoms with Crippen molar-refractivity contribution in [3.05, 3.63) is 0 Å². The Balaban J connectivity index is -0.000000336. The van der Waals surface area contributed by atoms with Crippen molar-refractivity contribution in [3.63, 3.8) is 0 Å². The van der Waals surface area contributed by atoms with Crippen molar-refractivity contribution in [2.24, 2.45) is 28.7 Å². The maximum Gasteiger partial charge on any atom is 0.321 e. The second kappa shape index (κ2) is 17.6. The highest BCUT2D eigenvalue weighted by atomic mass is 16.4.